The molecule has 0 amide bonds. The maximum Gasteiger partial charge on any atom is 0.151 e. The van der Waals surface area contributed by atoms with Crippen molar-refractivity contribution in [3.8, 4) is 0 Å². The molecule has 0 bridgehead atoms. The molecule has 7 heteroatoms. The van der Waals surface area contributed by atoms with Crippen molar-refractivity contribution in [1.82, 2.24) is 19.6 Å². The minimum atomic E-state index is -2.90. The predicted molar refractivity (Wildman–Crippen MR) is 84.0 cm³/mol. The summed E-state index contributed by atoms with van der Waals surface area (Å²) >= 11 is 0. The zero-order valence-electron chi connectivity index (χ0n) is 13.2. The normalized spacial score (nSPS) is 19.9. The first-order chi connectivity index (χ1) is 9.91. The van der Waals surface area contributed by atoms with Crippen LogP contribution in [0.15, 0.2) is 12.3 Å². The molecular formula is C14H26N4O2S. The Morgan fingerprint density at radius 2 is 2.19 bits per heavy atom. The van der Waals surface area contributed by atoms with Crippen LogP contribution in [-0.2, 0) is 16.4 Å². The van der Waals surface area contributed by atoms with E-state index in [2.05, 4.69) is 33.7 Å². The zero-order valence-corrected chi connectivity index (χ0v) is 14.0. The van der Waals surface area contributed by atoms with E-state index in [-0.39, 0.29) is 11.5 Å². The summed E-state index contributed by atoms with van der Waals surface area (Å²) in [6.45, 7) is 4.99. The fourth-order valence-electron chi connectivity index (χ4n) is 2.67. The van der Waals surface area contributed by atoms with E-state index in [1.54, 1.807) is 6.92 Å². The second-order valence-electron chi connectivity index (χ2n) is 5.98. The van der Waals surface area contributed by atoms with Gasteiger partial charge in [0.15, 0.2) is 9.84 Å². The Bertz CT molecular complexity index is 553. The second-order valence-corrected chi connectivity index (χ2v) is 8.46. The van der Waals surface area contributed by atoms with Crippen LogP contribution in [0.5, 0.6) is 0 Å². The Morgan fingerprint density at radius 3 is 2.86 bits per heavy atom. The molecule has 0 aliphatic carbocycles. The monoisotopic (exact) mass is 314 g/mol. The van der Waals surface area contributed by atoms with Gasteiger partial charge >= 0.3 is 0 Å². The number of sulfone groups is 1. The molecular weight excluding hydrogens is 288 g/mol. The van der Waals surface area contributed by atoms with Crippen molar-refractivity contribution in [2.45, 2.75) is 25.9 Å². The summed E-state index contributed by atoms with van der Waals surface area (Å²) in [5.74, 6) is 0.473. The quantitative estimate of drug-likeness (QED) is 0.739. The summed E-state index contributed by atoms with van der Waals surface area (Å²) in [4.78, 5) is 4.41. The maximum atomic E-state index is 11.7. The topological polar surface area (TPSA) is 58.4 Å². The molecule has 0 radical (unpaired) electrons. The van der Waals surface area contributed by atoms with Gasteiger partial charge in [0.05, 0.1) is 17.5 Å². The van der Waals surface area contributed by atoms with Crippen LogP contribution >= 0.6 is 0 Å². The highest BCUT2D eigenvalue weighted by molar-refractivity contribution is 7.91. The van der Waals surface area contributed by atoms with Crippen LogP contribution in [0.25, 0.3) is 0 Å². The van der Waals surface area contributed by atoms with Gasteiger partial charge in [-0.3, -0.25) is 9.58 Å². The van der Waals surface area contributed by atoms with E-state index in [1.165, 1.54) is 5.69 Å². The molecule has 1 aromatic heterocycles. The molecule has 1 atom stereocenters. The molecule has 0 fully saturated rings. The van der Waals surface area contributed by atoms with Gasteiger partial charge in [-0.15, -0.1) is 0 Å². The van der Waals surface area contributed by atoms with E-state index < -0.39 is 9.84 Å². The van der Waals surface area contributed by atoms with Crippen LogP contribution in [0, 0.1) is 0 Å². The number of hydrogen-bond donors (Lipinski definition) is 0. The molecule has 0 saturated carbocycles. The third kappa shape index (κ3) is 4.52. The summed E-state index contributed by atoms with van der Waals surface area (Å²) in [6.07, 6.45) is 2.86. The third-order valence-corrected chi connectivity index (χ3v) is 5.70. The molecule has 1 aromatic rings. The molecule has 2 rings (SSSR count). The van der Waals surface area contributed by atoms with Gasteiger partial charge < -0.3 is 4.90 Å². The first-order valence-corrected chi connectivity index (χ1v) is 9.33. The molecule has 0 aromatic carbocycles. The van der Waals surface area contributed by atoms with Gasteiger partial charge in [0, 0.05) is 31.6 Å². The minimum Gasteiger partial charge on any atom is -0.309 e. The molecule has 21 heavy (non-hydrogen) atoms. The maximum absolute atomic E-state index is 11.7. The Morgan fingerprint density at radius 1 is 1.43 bits per heavy atom. The standard InChI is InChI=1S/C14H26N4O2S/c1-4-21(19,20)10-9-17-11-13-5-7-15-18(13)14(12-17)6-8-16(2)3/h5,7,14H,4,6,8-12H2,1-3H3/t14-/m0/s1. The fourth-order valence-corrected chi connectivity index (χ4v) is 3.49. The smallest absolute Gasteiger partial charge is 0.151 e. The minimum absolute atomic E-state index is 0.225. The van der Waals surface area contributed by atoms with Gasteiger partial charge in [-0.05, 0) is 33.1 Å². The van der Waals surface area contributed by atoms with Crippen LogP contribution in [0.3, 0.4) is 0 Å². The molecule has 0 spiro atoms. The lowest BCUT2D eigenvalue weighted by molar-refractivity contribution is 0.169. The highest BCUT2D eigenvalue weighted by Crippen LogP contribution is 2.22. The Balaban J connectivity index is 2.00. The van der Waals surface area contributed by atoms with Gasteiger partial charge in [-0.25, -0.2) is 8.42 Å². The van der Waals surface area contributed by atoms with Gasteiger partial charge in [0.1, 0.15) is 0 Å². The van der Waals surface area contributed by atoms with E-state index in [9.17, 15) is 8.42 Å². The first-order valence-electron chi connectivity index (χ1n) is 7.51. The van der Waals surface area contributed by atoms with Crippen LogP contribution in [0.1, 0.15) is 25.1 Å². The third-order valence-electron chi connectivity index (χ3n) is 4.02. The molecule has 1 aliphatic heterocycles. The molecule has 1 aliphatic rings. The van der Waals surface area contributed by atoms with Crippen molar-refractivity contribution in [3.05, 3.63) is 18.0 Å². The van der Waals surface area contributed by atoms with E-state index in [0.717, 1.165) is 26.1 Å². The molecule has 0 unspecified atom stereocenters. The summed E-state index contributed by atoms with van der Waals surface area (Å²) in [6, 6.07) is 2.36. The van der Waals surface area contributed by atoms with Crippen molar-refractivity contribution in [1.29, 1.82) is 0 Å². The molecule has 6 nitrogen and oxygen atoms in total. The van der Waals surface area contributed by atoms with Crippen molar-refractivity contribution < 1.29 is 8.42 Å². The number of nitrogens with zero attached hydrogens (tertiary/aromatic N) is 4. The highest BCUT2D eigenvalue weighted by atomic mass is 32.2. The van der Waals surface area contributed by atoms with Crippen LogP contribution in [0.2, 0.25) is 0 Å². The van der Waals surface area contributed by atoms with E-state index in [0.29, 0.717) is 12.6 Å². The number of fused-ring (bicyclic) bond motifs is 1. The van der Waals surface area contributed by atoms with Crippen LogP contribution in [0.4, 0.5) is 0 Å². The summed E-state index contributed by atoms with van der Waals surface area (Å²) in [5.41, 5.74) is 1.18. The van der Waals surface area contributed by atoms with Crippen molar-refractivity contribution >= 4 is 9.84 Å². The number of hydrogen-bond acceptors (Lipinski definition) is 5. The van der Waals surface area contributed by atoms with Crippen LogP contribution < -0.4 is 0 Å². The largest absolute Gasteiger partial charge is 0.309 e. The van der Waals surface area contributed by atoms with E-state index >= 15 is 0 Å². The van der Waals surface area contributed by atoms with Gasteiger partial charge in [-0.2, -0.15) is 5.10 Å². The summed E-state index contributed by atoms with van der Waals surface area (Å²) < 4.78 is 25.5. The predicted octanol–water partition coefficient (Wildman–Crippen LogP) is 0.626. The average molecular weight is 314 g/mol. The van der Waals surface area contributed by atoms with Crippen molar-refractivity contribution in [2.75, 3.05) is 45.2 Å². The van der Waals surface area contributed by atoms with Crippen molar-refractivity contribution in [3.63, 3.8) is 0 Å². The SMILES string of the molecule is CCS(=O)(=O)CCN1Cc2ccnn2[C@@H](CCN(C)C)C1. The molecule has 0 saturated heterocycles. The fraction of sp³-hybridized carbons (Fsp3) is 0.786. The lowest BCUT2D eigenvalue weighted by atomic mass is 10.1. The number of rotatable bonds is 7. The second kappa shape index (κ2) is 6.89. The Kier molecular flexibility index (Phi) is 5.40. The Hall–Kier alpha value is -0.920. The average Bonchev–Trinajstić information content (AvgIpc) is 2.91. The lowest BCUT2D eigenvalue weighted by Gasteiger charge is -2.34. The van der Waals surface area contributed by atoms with E-state index in [1.807, 2.05) is 12.3 Å². The van der Waals surface area contributed by atoms with Crippen molar-refractivity contribution in [2.24, 2.45) is 0 Å². The van der Waals surface area contributed by atoms with Crippen LogP contribution in [-0.4, -0.2) is 73.2 Å². The molecule has 2 heterocycles. The molecule has 0 N–H and O–H groups in total. The van der Waals surface area contributed by atoms with Gasteiger partial charge in [0.2, 0.25) is 0 Å². The highest BCUT2D eigenvalue weighted by Gasteiger charge is 2.26. The van der Waals surface area contributed by atoms with E-state index in [4.69, 9.17) is 0 Å². The summed E-state index contributed by atoms with van der Waals surface area (Å²) in [7, 11) is 1.24. The first kappa shape index (κ1) is 16.5. The summed E-state index contributed by atoms with van der Waals surface area (Å²) in [5, 5.41) is 4.43. The zero-order chi connectivity index (χ0) is 15.5. The molecule has 120 valence electrons. The lowest BCUT2D eigenvalue weighted by Crippen LogP contribution is -2.40. The van der Waals surface area contributed by atoms with Gasteiger partial charge in [-0.1, -0.05) is 6.92 Å². The van der Waals surface area contributed by atoms with Gasteiger partial charge in [0.25, 0.3) is 0 Å². The Labute approximate surface area is 127 Å². The number of aromatic nitrogens is 2.